The van der Waals surface area contributed by atoms with E-state index in [0.717, 1.165) is 10.6 Å². The van der Waals surface area contributed by atoms with Crippen molar-refractivity contribution in [3.05, 3.63) is 30.3 Å². The number of sulfonamides is 1. The number of para-hydroxylation sites is 1. The predicted octanol–water partition coefficient (Wildman–Crippen LogP) is 0.337. The van der Waals surface area contributed by atoms with Gasteiger partial charge in [-0.15, -0.1) is 0 Å². The highest BCUT2D eigenvalue weighted by Crippen LogP contribution is 2.16. The third kappa shape index (κ3) is 4.20. The summed E-state index contributed by atoms with van der Waals surface area (Å²) in [6, 6.07) is 7.45. The maximum Gasteiger partial charge on any atom is 0.326 e. The van der Waals surface area contributed by atoms with Crippen LogP contribution in [0.25, 0.3) is 0 Å². The molecule has 8 nitrogen and oxygen atoms in total. The van der Waals surface area contributed by atoms with E-state index in [1.165, 1.54) is 12.0 Å². The van der Waals surface area contributed by atoms with Gasteiger partial charge >= 0.3 is 12.0 Å². The molecule has 1 saturated heterocycles. The number of nitrogens with zero attached hydrogens (tertiary/aromatic N) is 2. The lowest BCUT2D eigenvalue weighted by molar-refractivity contribution is -0.146. The van der Waals surface area contributed by atoms with Crippen LogP contribution in [0.5, 0.6) is 0 Å². The van der Waals surface area contributed by atoms with Crippen molar-refractivity contribution >= 4 is 27.7 Å². The fourth-order valence-electron chi connectivity index (χ4n) is 2.40. The van der Waals surface area contributed by atoms with Crippen LogP contribution < -0.4 is 5.32 Å². The molecule has 1 aliphatic rings. The maximum atomic E-state index is 12.3. The molecule has 2 amide bonds. The van der Waals surface area contributed by atoms with Crippen LogP contribution in [0.15, 0.2) is 30.3 Å². The lowest BCUT2D eigenvalue weighted by Crippen LogP contribution is -2.59. The number of amides is 2. The van der Waals surface area contributed by atoms with Crippen LogP contribution in [0.3, 0.4) is 0 Å². The third-order valence-corrected chi connectivity index (χ3v) is 4.83. The van der Waals surface area contributed by atoms with E-state index >= 15 is 0 Å². The van der Waals surface area contributed by atoms with Crippen molar-refractivity contribution in [3.8, 4) is 0 Å². The summed E-state index contributed by atoms with van der Waals surface area (Å²) in [5.74, 6) is -0.687. The monoisotopic (exact) mass is 341 g/mol. The van der Waals surface area contributed by atoms with Crippen LogP contribution in [-0.4, -0.2) is 68.7 Å². The van der Waals surface area contributed by atoms with Gasteiger partial charge in [0.05, 0.1) is 13.4 Å². The van der Waals surface area contributed by atoms with E-state index in [4.69, 9.17) is 0 Å². The Morgan fingerprint density at radius 3 is 2.43 bits per heavy atom. The maximum absolute atomic E-state index is 12.3. The average molecular weight is 341 g/mol. The van der Waals surface area contributed by atoms with Crippen LogP contribution in [0, 0.1) is 0 Å². The fourth-order valence-corrected chi connectivity index (χ4v) is 3.43. The first-order chi connectivity index (χ1) is 10.8. The third-order valence-electron chi connectivity index (χ3n) is 3.54. The molecule has 0 aromatic heterocycles. The highest BCUT2D eigenvalue weighted by Gasteiger charge is 2.39. The zero-order valence-electron chi connectivity index (χ0n) is 12.9. The van der Waals surface area contributed by atoms with Gasteiger partial charge in [0.15, 0.2) is 0 Å². The number of methoxy groups -OCH3 is 1. The summed E-state index contributed by atoms with van der Waals surface area (Å²) >= 11 is 0. The highest BCUT2D eigenvalue weighted by molar-refractivity contribution is 7.88. The second-order valence-corrected chi connectivity index (χ2v) is 7.09. The molecule has 0 bridgehead atoms. The van der Waals surface area contributed by atoms with E-state index < -0.39 is 28.1 Å². The van der Waals surface area contributed by atoms with Crippen molar-refractivity contribution in [1.82, 2.24) is 9.21 Å². The Labute approximate surface area is 135 Å². The number of nitrogens with one attached hydrogen (secondary N) is 1. The summed E-state index contributed by atoms with van der Waals surface area (Å²) in [7, 11) is -2.38. The number of hydrogen-bond acceptors (Lipinski definition) is 5. The second-order valence-electron chi connectivity index (χ2n) is 5.15. The normalized spacial score (nSPS) is 19.2. The van der Waals surface area contributed by atoms with Crippen molar-refractivity contribution in [2.45, 2.75) is 6.04 Å². The largest absolute Gasteiger partial charge is 0.468 e. The van der Waals surface area contributed by atoms with Gasteiger partial charge in [-0.25, -0.2) is 13.2 Å². The van der Waals surface area contributed by atoms with Crippen LogP contribution >= 0.6 is 0 Å². The zero-order chi connectivity index (χ0) is 17.0. The summed E-state index contributed by atoms with van der Waals surface area (Å²) in [5.41, 5.74) is 0.623. The van der Waals surface area contributed by atoms with Crippen LogP contribution in [0.4, 0.5) is 10.5 Å². The number of esters is 1. The molecule has 1 aromatic rings. The molecule has 0 saturated carbocycles. The topological polar surface area (TPSA) is 96.0 Å². The van der Waals surface area contributed by atoms with E-state index in [-0.39, 0.29) is 19.6 Å². The standard InChI is InChI=1S/C14H19N3O5S/c1-22-13(18)12-10-16(8-9-17(12)23(2,20)21)14(19)15-11-6-4-3-5-7-11/h3-7,12H,8-10H2,1-2H3,(H,15,19)/t12-/m1/s1. The van der Waals surface area contributed by atoms with E-state index in [1.54, 1.807) is 24.3 Å². The number of carbonyl (C=O) groups is 2. The molecular weight excluding hydrogens is 322 g/mol. The van der Waals surface area contributed by atoms with Gasteiger partial charge in [0, 0.05) is 25.3 Å². The molecule has 0 unspecified atom stereocenters. The van der Waals surface area contributed by atoms with Crippen molar-refractivity contribution < 1.29 is 22.7 Å². The summed E-state index contributed by atoms with van der Waals surface area (Å²) in [6.07, 6.45) is 1.03. The highest BCUT2D eigenvalue weighted by atomic mass is 32.2. The summed E-state index contributed by atoms with van der Waals surface area (Å²) < 4.78 is 29.3. The minimum Gasteiger partial charge on any atom is -0.468 e. The summed E-state index contributed by atoms with van der Waals surface area (Å²) in [5, 5.41) is 2.71. The molecule has 1 fully saturated rings. The zero-order valence-corrected chi connectivity index (χ0v) is 13.7. The van der Waals surface area contributed by atoms with Crippen molar-refractivity contribution in [3.63, 3.8) is 0 Å². The Kier molecular flexibility index (Phi) is 5.22. The first kappa shape index (κ1) is 17.2. The Morgan fingerprint density at radius 2 is 1.87 bits per heavy atom. The number of hydrogen-bond donors (Lipinski definition) is 1. The molecule has 1 N–H and O–H groups in total. The molecule has 9 heteroatoms. The molecule has 23 heavy (non-hydrogen) atoms. The van der Waals surface area contributed by atoms with Crippen LogP contribution in [-0.2, 0) is 19.6 Å². The van der Waals surface area contributed by atoms with Crippen LogP contribution in [0.2, 0.25) is 0 Å². The van der Waals surface area contributed by atoms with E-state index in [2.05, 4.69) is 10.1 Å². The number of urea groups is 1. The lowest BCUT2D eigenvalue weighted by Gasteiger charge is -2.38. The summed E-state index contributed by atoms with van der Waals surface area (Å²) in [6.45, 7) is 0.179. The number of anilines is 1. The van der Waals surface area contributed by atoms with Gasteiger partial charge < -0.3 is 15.0 Å². The number of benzene rings is 1. The molecule has 1 atom stereocenters. The fraction of sp³-hybridized carbons (Fsp3) is 0.429. The Hall–Kier alpha value is -2.13. The number of rotatable bonds is 3. The van der Waals surface area contributed by atoms with Gasteiger partial charge in [-0.05, 0) is 12.1 Å². The van der Waals surface area contributed by atoms with Gasteiger partial charge in [0.25, 0.3) is 0 Å². The number of ether oxygens (including phenoxy) is 1. The Bertz CT molecular complexity index is 677. The second kappa shape index (κ2) is 6.97. The van der Waals surface area contributed by atoms with Gasteiger partial charge in [-0.3, -0.25) is 4.79 Å². The van der Waals surface area contributed by atoms with Crippen LogP contribution in [0.1, 0.15) is 0 Å². The lowest BCUT2D eigenvalue weighted by atomic mass is 10.2. The number of piperazine rings is 1. The molecule has 2 rings (SSSR count). The van der Waals surface area contributed by atoms with Gasteiger partial charge in [-0.1, -0.05) is 18.2 Å². The SMILES string of the molecule is COC(=O)[C@H]1CN(C(=O)Nc2ccccc2)CCN1S(C)(=O)=O. The molecule has 0 aliphatic carbocycles. The predicted molar refractivity (Wildman–Crippen MR) is 84.4 cm³/mol. The number of carbonyl (C=O) groups excluding carboxylic acids is 2. The van der Waals surface area contributed by atoms with Gasteiger partial charge in [-0.2, -0.15) is 4.31 Å². The van der Waals surface area contributed by atoms with Crippen molar-refractivity contribution in [2.75, 3.05) is 38.3 Å². The Balaban J connectivity index is 2.11. The molecule has 1 aromatic carbocycles. The minimum absolute atomic E-state index is 0.0425. The quantitative estimate of drug-likeness (QED) is 0.800. The van der Waals surface area contributed by atoms with E-state index in [0.29, 0.717) is 5.69 Å². The summed E-state index contributed by atoms with van der Waals surface area (Å²) in [4.78, 5) is 25.5. The molecule has 1 heterocycles. The molecule has 1 aliphatic heterocycles. The molecular formula is C14H19N3O5S. The molecule has 0 radical (unpaired) electrons. The minimum atomic E-state index is -3.56. The van der Waals surface area contributed by atoms with Gasteiger partial charge in [0.2, 0.25) is 10.0 Å². The van der Waals surface area contributed by atoms with E-state index in [9.17, 15) is 18.0 Å². The molecule has 126 valence electrons. The smallest absolute Gasteiger partial charge is 0.326 e. The first-order valence-electron chi connectivity index (χ1n) is 6.98. The molecule has 0 spiro atoms. The first-order valence-corrected chi connectivity index (χ1v) is 8.83. The van der Waals surface area contributed by atoms with Gasteiger partial charge in [0.1, 0.15) is 6.04 Å². The van der Waals surface area contributed by atoms with Crippen molar-refractivity contribution in [1.29, 1.82) is 0 Å². The van der Waals surface area contributed by atoms with Crippen molar-refractivity contribution in [2.24, 2.45) is 0 Å². The Morgan fingerprint density at radius 1 is 1.22 bits per heavy atom. The average Bonchev–Trinajstić information content (AvgIpc) is 2.53. The van der Waals surface area contributed by atoms with E-state index in [1.807, 2.05) is 6.07 Å².